The minimum atomic E-state index is 0.169. The Hall–Kier alpha value is -1.14. The highest BCUT2D eigenvalue weighted by Crippen LogP contribution is 2.23. The van der Waals surface area contributed by atoms with Crippen molar-refractivity contribution < 1.29 is 9.59 Å². The lowest BCUT2D eigenvalue weighted by molar-refractivity contribution is -0.134. The molecular formula is C20H36N4O2. The summed E-state index contributed by atoms with van der Waals surface area (Å²) in [6.45, 7) is 8.72. The van der Waals surface area contributed by atoms with Gasteiger partial charge in [0, 0.05) is 45.3 Å². The van der Waals surface area contributed by atoms with Crippen molar-refractivity contribution in [2.45, 2.75) is 57.9 Å². The van der Waals surface area contributed by atoms with E-state index in [1.54, 1.807) is 0 Å². The normalized spacial score (nSPS) is 28.7. The molecule has 0 aromatic heterocycles. The monoisotopic (exact) mass is 364 g/mol. The van der Waals surface area contributed by atoms with Crippen LogP contribution in [0.3, 0.4) is 0 Å². The van der Waals surface area contributed by atoms with Crippen molar-refractivity contribution in [2.24, 2.45) is 5.92 Å². The lowest BCUT2D eigenvalue weighted by Gasteiger charge is -2.36. The minimum absolute atomic E-state index is 0.169. The van der Waals surface area contributed by atoms with Crippen LogP contribution >= 0.6 is 0 Å². The van der Waals surface area contributed by atoms with E-state index >= 15 is 0 Å². The van der Waals surface area contributed by atoms with E-state index < -0.39 is 0 Å². The van der Waals surface area contributed by atoms with Crippen LogP contribution in [0.4, 0.5) is 0 Å². The number of hydrogen-bond donors (Lipinski definition) is 1. The number of carbonyl (C=O) groups excluding carboxylic acids is 2. The zero-order chi connectivity index (χ0) is 18.4. The Bertz CT molecular complexity index is 462. The van der Waals surface area contributed by atoms with Gasteiger partial charge in [0.15, 0.2) is 0 Å². The summed E-state index contributed by atoms with van der Waals surface area (Å²) in [6, 6.07) is 0.377. The van der Waals surface area contributed by atoms with Crippen LogP contribution in [-0.4, -0.2) is 84.9 Å². The van der Waals surface area contributed by atoms with Gasteiger partial charge in [-0.25, -0.2) is 0 Å². The van der Waals surface area contributed by atoms with Gasteiger partial charge in [-0.1, -0.05) is 6.92 Å². The fourth-order valence-corrected chi connectivity index (χ4v) is 4.42. The second-order valence-electron chi connectivity index (χ2n) is 8.52. The van der Waals surface area contributed by atoms with Crippen molar-refractivity contribution in [3.05, 3.63) is 0 Å². The lowest BCUT2D eigenvalue weighted by atomic mass is 9.87. The molecule has 3 fully saturated rings. The van der Waals surface area contributed by atoms with E-state index in [4.69, 9.17) is 0 Å². The van der Waals surface area contributed by atoms with Crippen molar-refractivity contribution in [2.75, 3.05) is 52.4 Å². The topological polar surface area (TPSA) is 55.9 Å². The molecule has 148 valence electrons. The highest BCUT2D eigenvalue weighted by molar-refractivity contribution is 5.79. The van der Waals surface area contributed by atoms with E-state index in [1.807, 2.05) is 4.90 Å². The molecule has 0 aromatic carbocycles. The third-order valence-corrected chi connectivity index (χ3v) is 6.28. The van der Waals surface area contributed by atoms with Crippen molar-refractivity contribution in [3.63, 3.8) is 0 Å². The van der Waals surface area contributed by atoms with Gasteiger partial charge in [-0.3, -0.25) is 19.4 Å². The van der Waals surface area contributed by atoms with Gasteiger partial charge in [0.05, 0.1) is 13.1 Å². The molecule has 0 aromatic rings. The van der Waals surface area contributed by atoms with E-state index in [9.17, 15) is 9.59 Å². The van der Waals surface area contributed by atoms with Gasteiger partial charge in [0.25, 0.3) is 0 Å². The number of amides is 2. The first kappa shape index (κ1) is 19.6. The summed E-state index contributed by atoms with van der Waals surface area (Å²) in [7, 11) is 0. The second-order valence-corrected chi connectivity index (χ2v) is 8.52. The molecule has 3 rings (SSSR count). The van der Waals surface area contributed by atoms with Gasteiger partial charge in [-0.2, -0.15) is 0 Å². The maximum Gasteiger partial charge on any atom is 0.236 e. The highest BCUT2D eigenvalue weighted by Gasteiger charge is 2.25. The summed E-state index contributed by atoms with van der Waals surface area (Å²) >= 11 is 0. The Labute approximate surface area is 158 Å². The number of rotatable bonds is 5. The molecule has 2 heterocycles. The van der Waals surface area contributed by atoms with Crippen LogP contribution in [0.15, 0.2) is 0 Å². The fourth-order valence-electron chi connectivity index (χ4n) is 4.42. The molecule has 0 bridgehead atoms. The third kappa shape index (κ3) is 5.95. The van der Waals surface area contributed by atoms with Crippen molar-refractivity contribution >= 4 is 11.8 Å². The summed E-state index contributed by atoms with van der Waals surface area (Å²) in [5.74, 6) is 1.26. The molecule has 1 aliphatic carbocycles. The smallest absolute Gasteiger partial charge is 0.236 e. The number of carbonyl (C=O) groups is 2. The van der Waals surface area contributed by atoms with Crippen LogP contribution in [0.1, 0.15) is 51.9 Å². The predicted octanol–water partition coefficient (Wildman–Crippen LogP) is 1.31. The molecule has 0 spiro atoms. The van der Waals surface area contributed by atoms with E-state index in [1.165, 1.54) is 19.3 Å². The Kier molecular flexibility index (Phi) is 7.32. The van der Waals surface area contributed by atoms with Crippen molar-refractivity contribution in [3.8, 4) is 0 Å². The number of piperazine rings is 1. The molecule has 3 aliphatic rings. The van der Waals surface area contributed by atoms with Gasteiger partial charge in [0.1, 0.15) is 0 Å². The zero-order valence-corrected chi connectivity index (χ0v) is 16.4. The highest BCUT2D eigenvalue weighted by atomic mass is 16.2. The maximum atomic E-state index is 12.4. The maximum absolute atomic E-state index is 12.4. The van der Waals surface area contributed by atoms with E-state index in [-0.39, 0.29) is 11.8 Å². The Morgan fingerprint density at radius 2 is 1.38 bits per heavy atom. The van der Waals surface area contributed by atoms with Crippen LogP contribution in [0, 0.1) is 5.92 Å². The number of piperidine rings is 1. The minimum Gasteiger partial charge on any atom is -0.352 e. The van der Waals surface area contributed by atoms with Crippen LogP contribution in [0.2, 0.25) is 0 Å². The van der Waals surface area contributed by atoms with Crippen LogP contribution in [0.5, 0.6) is 0 Å². The molecule has 6 nitrogen and oxygen atoms in total. The first-order valence-electron chi connectivity index (χ1n) is 10.6. The largest absolute Gasteiger partial charge is 0.352 e. The first-order chi connectivity index (χ1) is 12.6. The van der Waals surface area contributed by atoms with Crippen molar-refractivity contribution in [1.29, 1.82) is 0 Å². The molecule has 2 saturated heterocycles. The van der Waals surface area contributed by atoms with Gasteiger partial charge in [0.2, 0.25) is 11.8 Å². The van der Waals surface area contributed by atoms with Crippen LogP contribution in [-0.2, 0) is 9.59 Å². The Morgan fingerprint density at radius 3 is 2.00 bits per heavy atom. The Balaban J connectivity index is 1.31. The standard InChI is InChI=1S/C20H36N4O2/c1-17-5-7-18(8-6-17)21-19(25)15-22-11-13-23(14-12-22)16-20(26)24-9-3-2-4-10-24/h17-18H,2-16H2,1H3,(H,21,25). The molecule has 0 atom stereocenters. The fraction of sp³-hybridized carbons (Fsp3) is 0.900. The van der Waals surface area contributed by atoms with Gasteiger partial charge in [-0.15, -0.1) is 0 Å². The average Bonchev–Trinajstić information content (AvgIpc) is 2.66. The van der Waals surface area contributed by atoms with Crippen molar-refractivity contribution in [1.82, 2.24) is 20.0 Å². The molecule has 0 radical (unpaired) electrons. The summed E-state index contributed by atoms with van der Waals surface area (Å²) in [6.07, 6.45) is 8.26. The number of nitrogens with zero attached hydrogens (tertiary/aromatic N) is 3. The summed E-state index contributed by atoms with van der Waals surface area (Å²) in [5, 5.41) is 3.22. The van der Waals surface area contributed by atoms with E-state index in [2.05, 4.69) is 22.0 Å². The molecule has 26 heavy (non-hydrogen) atoms. The van der Waals surface area contributed by atoms with Crippen LogP contribution in [0.25, 0.3) is 0 Å². The van der Waals surface area contributed by atoms with E-state index in [0.717, 1.165) is 70.9 Å². The molecule has 2 amide bonds. The number of nitrogens with one attached hydrogen (secondary N) is 1. The number of hydrogen-bond acceptors (Lipinski definition) is 4. The quantitative estimate of drug-likeness (QED) is 0.799. The van der Waals surface area contributed by atoms with E-state index in [0.29, 0.717) is 19.1 Å². The van der Waals surface area contributed by atoms with Gasteiger partial charge >= 0.3 is 0 Å². The SMILES string of the molecule is CC1CCC(NC(=O)CN2CCN(CC(=O)N3CCCCC3)CC2)CC1. The molecule has 1 N–H and O–H groups in total. The number of likely N-dealkylation sites (tertiary alicyclic amines) is 1. The third-order valence-electron chi connectivity index (χ3n) is 6.28. The first-order valence-corrected chi connectivity index (χ1v) is 10.6. The molecular weight excluding hydrogens is 328 g/mol. The molecule has 6 heteroatoms. The lowest BCUT2D eigenvalue weighted by Crippen LogP contribution is -2.53. The van der Waals surface area contributed by atoms with Gasteiger partial charge in [-0.05, 0) is 50.9 Å². The molecule has 2 aliphatic heterocycles. The van der Waals surface area contributed by atoms with Gasteiger partial charge < -0.3 is 10.2 Å². The summed E-state index contributed by atoms with van der Waals surface area (Å²) < 4.78 is 0. The molecule has 1 saturated carbocycles. The predicted molar refractivity (Wildman–Crippen MR) is 103 cm³/mol. The molecule has 0 unspecified atom stereocenters. The summed E-state index contributed by atoms with van der Waals surface area (Å²) in [4.78, 5) is 31.2. The second kappa shape index (κ2) is 9.70. The Morgan fingerprint density at radius 1 is 0.808 bits per heavy atom. The van der Waals surface area contributed by atoms with Crippen LogP contribution < -0.4 is 5.32 Å². The summed E-state index contributed by atoms with van der Waals surface area (Å²) in [5.41, 5.74) is 0. The zero-order valence-electron chi connectivity index (χ0n) is 16.4. The average molecular weight is 365 g/mol.